The van der Waals surface area contributed by atoms with Gasteiger partial charge in [-0.3, -0.25) is 4.79 Å². The van der Waals surface area contributed by atoms with E-state index in [0.717, 1.165) is 0 Å². The number of alkyl halides is 3. The number of ether oxygens (including phenoxy) is 1. The van der Waals surface area contributed by atoms with E-state index in [9.17, 15) is 18.0 Å². The monoisotopic (exact) mass is 321 g/mol. The van der Waals surface area contributed by atoms with Gasteiger partial charge in [-0.15, -0.1) is 13.2 Å². The van der Waals surface area contributed by atoms with Crippen LogP contribution in [-0.4, -0.2) is 11.3 Å². The second kappa shape index (κ2) is 6.16. The highest BCUT2D eigenvalue weighted by Gasteiger charge is 2.31. The first-order chi connectivity index (χ1) is 10.7. The van der Waals surface area contributed by atoms with Crippen molar-refractivity contribution in [1.82, 2.24) is 4.98 Å². The van der Waals surface area contributed by atoms with Crippen molar-refractivity contribution in [2.24, 2.45) is 0 Å². The first-order valence-corrected chi connectivity index (χ1v) is 6.64. The van der Waals surface area contributed by atoms with E-state index in [2.05, 4.69) is 22.9 Å². The van der Waals surface area contributed by atoms with Crippen LogP contribution in [0.3, 0.4) is 0 Å². The highest BCUT2D eigenvalue weighted by atomic mass is 19.4. The maximum atomic E-state index is 12.2. The van der Waals surface area contributed by atoms with Crippen LogP contribution in [0.25, 0.3) is 23.4 Å². The molecule has 0 saturated heterocycles. The summed E-state index contributed by atoms with van der Waals surface area (Å²) in [5.74, 6) is -0.312. The third-order valence-electron chi connectivity index (χ3n) is 3.23. The molecule has 6 heteroatoms. The van der Waals surface area contributed by atoms with E-state index in [1.165, 1.54) is 36.4 Å². The summed E-state index contributed by atoms with van der Waals surface area (Å²) in [6.45, 7) is 8.84. The Morgan fingerprint density at radius 2 is 1.87 bits per heavy atom. The fraction of sp³-hybridized carbons (Fsp3) is 0.118. The summed E-state index contributed by atoms with van der Waals surface area (Å²) in [7, 11) is 0. The van der Waals surface area contributed by atoms with E-state index in [1.54, 1.807) is 6.92 Å². The SMILES string of the molecule is C=Cc1[nH]c(-c2ccc(OC(F)(F)F)cc2C)cc(=O)c1C=C. The van der Waals surface area contributed by atoms with Crippen LogP contribution in [0.5, 0.6) is 5.75 Å². The Morgan fingerprint density at radius 1 is 1.17 bits per heavy atom. The van der Waals surface area contributed by atoms with Gasteiger partial charge in [-0.05, 0) is 36.8 Å². The van der Waals surface area contributed by atoms with Crippen LogP contribution in [0.4, 0.5) is 13.2 Å². The molecule has 1 aromatic heterocycles. The van der Waals surface area contributed by atoms with Crippen molar-refractivity contribution in [2.45, 2.75) is 13.3 Å². The molecule has 0 saturated carbocycles. The smallest absolute Gasteiger partial charge is 0.406 e. The number of halogens is 3. The number of aromatic amines is 1. The number of nitrogens with one attached hydrogen (secondary N) is 1. The van der Waals surface area contributed by atoms with Gasteiger partial charge in [-0.25, -0.2) is 0 Å². The number of aromatic nitrogens is 1. The third-order valence-corrected chi connectivity index (χ3v) is 3.23. The molecule has 3 nitrogen and oxygen atoms in total. The summed E-state index contributed by atoms with van der Waals surface area (Å²) in [5, 5.41) is 0. The van der Waals surface area contributed by atoms with Crippen LogP contribution in [0.1, 0.15) is 16.8 Å². The number of rotatable bonds is 4. The highest BCUT2D eigenvalue weighted by molar-refractivity contribution is 5.69. The molecule has 23 heavy (non-hydrogen) atoms. The van der Waals surface area contributed by atoms with Crippen molar-refractivity contribution in [1.29, 1.82) is 0 Å². The molecule has 1 heterocycles. The van der Waals surface area contributed by atoms with Crippen molar-refractivity contribution in [2.75, 3.05) is 0 Å². The maximum absolute atomic E-state index is 12.2. The Hall–Kier alpha value is -2.76. The lowest BCUT2D eigenvalue weighted by Gasteiger charge is -2.13. The zero-order valence-electron chi connectivity index (χ0n) is 12.3. The maximum Gasteiger partial charge on any atom is 0.573 e. The molecule has 1 N–H and O–H groups in total. The summed E-state index contributed by atoms with van der Waals surface area (Å²) >= 11 is 0. The van der Waals surface area contributed by atoms with Gasteiger partial charge in [-0.2, -0.15) is 0 Å². The van der Waals surface area contributed by atoms with Gasteiger partial charge in [0.1, 0.15) is 5.75 Å². The quantitative estimate of drug-likeness (QED) is 0.898. The molecular weight excluding hydrogens is 307 g/mol. The molecule has 0 aliphatic carbocycles. The van der Waals surface area contributed by atoms with Crippen LogP contribution in [0.2, 0.25) is 0 Å². The molecule has 0 atom stereocenters. The minimum atomic E-state index is -4.75. The summed E-state index contributed by atoms with van der Waals surface area (Å²) in [4.78, 5) is 15.1. The Balaban J connectivity index is 2.51. The minimum Gasteiger partial charge on any atom is -0.406 e. The zero-order valence-corrected chi connectivity index (χ0v) is 12.3. The zero-order chi connectivity index (χ0) is 17.2. The molecule has 0 unspecified atom stereocenters. The average Bonchev–Trinajstić information content (AvgIpc) is 2.44. The summed E-state index contributed by atoms with van der Waals surface area (Å²) < 4.78 is 40.6. The second-order valence-electron chi connectivity index (χ2n) is 4.81. The number of H-pyrrole nitrogens is 1. The standard InChI is InChI=1S/C17H14F3NO2/c1-4-12-14(5-2)21-15(9-16(12)22)13-7-6-11(8-10(13)3)23-17(18,19)20/h4-9H,1-2H2,3H3,(H,21,22). The molecule has 2 rings (SSSR count). The Bertz CT molecular complexity index is 820. The van der Waals surface area contributed by atoms with Gasteiger partial charge in [-0.1, -0.05) is 19.2 Å². The summed E-state index contributed by atoms with van der Waals surface area (Å²) in [6, 6.07) is 5.29. The van der Waals surface area contributed by atoms with Crippen LogP contribution in [0, 0.1) is 6.92 Å². The van der Waals surface area contributed by atoms with Gasteiger partial charge < -0.3 is 9.72 Å². The normalized spacial score (nSPS) is 11.1. The lowest BCUT2D eigenvalue weighted by molar-refractivity contribution is -0.274. The largest absolute Gasteiger partial charge is 0.573 e. The van der Waals surface area contributed by atoms with E-state index >= 15 is 0 Å². The summed E-state index contributed by atoms with van der Waals surface area (Å²) in [5.41, 5.74) is 2.24. The van der Waals surface area contributed by atoms with Gasteiger partial charge in [0.05, 0.1) is 0 Å². The third kappa shape index (κ3) is 3.71. The van der Waals surface area contributed by atoms with Gasteiger partial charge in [0.15, 0.2) is 5.43 Å². The van der Waals surface area contributed by atoms with Crippen molar-refractivity contribution >= 4 is 12.2 Å². The molecule has 1 aromatic carbocycles. The predicted molar refractivity (Wildman–Crippen MR) is 84.1 cm³/mol. The summed E-state index contributed by atoms with van der Waals surface area (Å²) in [6.07, 6.45) is -1.84. The molecule has 0 amide bonds. The topological polar surface area (TPSA) is 42.1 Å². The number of hydrogen-bond acceptors (Lipinski definition) is 2. The van der Waals surface area contributed by atoms with Crippen molar-refractivity contribution in [3.05, 3.63) is 64.5 Å². The molecular formula is C17H14F3NO2. The second-order valence-corrected chi connectivity index (χ2v) is 4.81. The number of aryl methyl sites for hydroxylation is 1. The van der Waals surface area contributed by atoms with Gasteiger partial charge in [0.25, 0.3) is 0 Å². The van der Waals surface area contributed by atoms with Gasteiger partial charge >= 0.3 is 6.36 Å². The van der Waals surface area contributed by atoms with Crippen molar-refractivity contribution in [3.63, 3.8) is 0 Å². The molecule has 0 aliphatic rings. The molecule has 0 spiro atoms. The highest BCUT2D eigenvalue weighted by Crippen LogP contribution is 2.29. The number of benzene rings is 1. The average molecular weight is 321 g/mol. The molecule has 0 bridgehead atoms. The van der Waals surface area contributed by atoms with E-state index in [-0.39, 0.29) is 11.2 Å². The lowest BCUT2D eigenvalue weighted by Crippen LogP contribution is -2.17. The van der Waals surface area contributed by atoms with Crippen LogP contribution in [-0.2, 0) is 0 Å². The van der Waals surface area contributed by atoms with E-state index in [0.29, 0.717) is 28.1 Å². The fourth-order valence-corrected chi connectivity index (χ4v) is 2.24. The van der Waals surface area contributed by atoms with Crippen molar-refractivity contribution < 1.29 is 17.9 Å². The van der Waals surface area contributed by atoms with Crippen LogP contribution < -0.4 is 10.2 Å². The molecule has 0 fully saturated rings. The predicted octanol–water partition coefficient (Wildman–Crippen LogP) is 4.53. The van der Waals surface area contributed by atoms with E-state index in [1.807, 2.05) is 0 Å². The Labute approximate surface area is 130 Å². The Kier molecular flexibility index (Phi) is 4.45. The molecule has 0 radical (unpaired) electrons. The van der Waals surface area contributed by atoms with Crippen LogP contribution >= 0.6 is 0 Å². The first-order valence-electron chi connectivity index (χ1n) is 6.64. The Morgan fingerprint density at radius 3 is 2.39 bits per heavy atom. The molecule has 120 valence electrons. The van der Waals surface area contributed by atoms with Gasteiger partial charge in [0, 0.05) is 28.6 Å². The van der Waals surface area contributed by atoms with E-state index in [4.69, 9.17) is 0 Å². The van der Waals surface area contributed by atoms with E-state index < -0.39 is 6.36 Å². The van der Waals surface area contributed by atoms with Gasteiger partial charge in [0.2, 0.25) is 0 Å². The molecule has 2 aromatic rings. The van der Waals surface area contributed by atoms with Crippen LogP contribution in [0.15, 0.2) is 42.2 Å². The first kappa shape index (κ1) is 16.6. The minimum absolute atomic E-state index is 0.251. The lowest BCUT2D eigenvalue weighted by atomic mass is 10.0. The molecule has 0 aliphatic heterocycles. The van der Waals surface area contributed by atoms with Crippen molar-refractivity contribution in [3.8, 4) is 17.0 Å². The number of pyridine rings is 1. The fourth-order valence-electron chi connectivity index (χ4n) is 2.24. The number of hydrogen-bond donors (Lipinski definition) is 1.